The molecule has 88 valence electrons. The Bertz CT molecular complexity index is 183. The molecule has 0 aromatic rings. The first-order valence-corrected chi connectivity index (χ1v) is 5.44. The van der Waals surface area contributed by atoms with Crippen LogP contribution < -0.4 is 11.1 Å². The van der Waals surface area contributed by atoms with E-state index in [4.69, 9.17) is 10.5 Å². The summed E-state index contributed by atoms with van der Waals surface area (Å²) in [4.78, 5) is 11.3. The van der Waals surface area contributed by atoms with E-state index in [9.17, 15) is 4.79 Å². The summed E-state index contributed by atoms with van der Waals surface area (Å²) in [5, 5.41) is 2.73. The molecule has 4 nitrogen and oxygen atoms in total. The molecule has 0 aliphatic carbocycles. The molecule has 1 amide bonds. The number of nitrogens with one attached hydrogen (secondary N) is 1. The second-order valence-electron chi connectivity index (χ2n) is 3.38. The van der Waals surface area contributed by atoms with Gasteiger partial charge in [-0.3, -0.25) is 4.79 Å². The molecule has 15 heavy (non-hydrogen) atoms. The molecule has 4 heteroatoms. The summed E-state index contributed by atoms with van der Waals surface area (Å²) in [5.41, 5.74) is 5.62. The monoisotopic (exact) mass is 214 g/mol. The molecule has 0 saturated heterocycles. The van der Waals surface area contributed by atoms with Crippen LogP contribution >= 0.6 is 0 Å². The highest BCUT2D eigenvalue weighted by Gasteiger charge is 2.10. The summed E-state index contributed by atoms with van der Waals surface area (Å²) in [7, 11) is 0. The Balaban J connectivity index is 3.34. The second kappa shape index (κ2) is 9.68. The Morgan fingerprint density at radius 1 is 1.60 bits per heavy atom. The quantitative estimate of drug-likeness (QED) is 0.441. The maximum Gasteiger partial charge on any atom is 0.236 e. The zero-order valence-electron chi connectivity index (χ0n) is 9.50. The van der Waals surface area contributed by atoms with Crippen LogP contribution in [0.4, 0.5) is 0 Å². The lowest BCUT2D eigenvalue weighted by Gasteiger charge is -2.10. The van der Waals surface area contributed by atoms with Gasteiger partial charge in [0.25, 0.3) is 0 Å². The van der Waals surface area contributed by atoms with Gasteiger partial charge in [0.05, 0.1) is 19.3 Å². The number of hydrogen-bond donors (Lipinski definition) is 2. The molecule has 0 rings (SSSR count). The van der Waals surface area contributed by atoms with Crippen molar-refractivity contribution in [1.29, 1.82) is 0 Å². The van der Waals surface area contributed by atoms with Gasteiger partial charge in [0.2, 0.25) is 5.91 Å². The van der Waals surface area contributed by atoms with E-state index in [1.807, 2.05) is 6.92 Å². The van der Waals surface area contributed by atoms with Crippen LogP contribution in [0.5, 0.6) is 0 Å². The van der Waals surface area contributed by atoms with Gasteiger partial charge < -0.3 is 15.8 Å². The van der Waals surface area contributed by atoms with Crippen LogP contribution in [0.1, 0.15) is 26.2 Å². The first-order valence-electron chi connectivity index (χ1n) is 5.44. The molecule has 0 aromatic carbocycles. The van der Waals surface area contributed by atoms with Gasteiger partial charge in [0, 0.05) is 6.54 Å². The van der Waals surface area contributed by atoms with Gasteiger partial charge >= 0.3 is 0 Å². The zero-order chi connectivity index (χ0) is 11.5. The van der Waals surface area contributed by atoms with E-state index in [0.29, 0.717) is 19.8 Å². The largest absolute Gasteiger partial charge is 0.379 e. The number of rotatable bonds is 9. The van der Waals surface area contributed by atoms with Gasteiger partial charge in [0.1, 0.15) is 0 Å². The van der Waals surface area contributed by atoms with Crippen LogP contribution in [0, 0.1) is 0 Å². The molecular formula is C11H22N2O2. The number of nitrogens with two attached hydrogens (primary N) is 1. The van der Waals surface area contributed by atoms with Crippen molar-refractivity contribution in [2.24, 2.45) is 5.73 Å². The van der Waals surface area contributed by atoms with E-state index < -0.39 is 0 Å². The van der Waals surface area contributed by atoms with Crippen molar-refractivity contribution >= 4 is 5.91 Å². The predicted molar refractivity (Wildman–Crippen MR) is 61.5 cm³/mol. The van der Waals surface area contributed by atoms with E-state index in [2.05, 4.69) is 11.9 Å². The summed E-state index contributed by atoms with van der Waals surface area (Å²) < 4.78 is 5.24. The molecule has 0 fully saturated rings. The first kappa shape index (κ1) is 14.1. The number of carbonyl (C=O) groups is 1. The molecule has 0 aromatic heterocycles. The third-order valence-corrected chi connectivity index (χ3v) is 1.95. The van der Waals surface area contributed by atoms with Gasteiger partial charge in [-0.25, -0.2) is 0 Å². The molecule has 0 bridgehead atoms. The lowest BCUT2D eigenvalue weighted by Crippen LogP contribution is -2.41. The van der Waals surface area contributed by atoms with E-state index in [1.165, 1.54) is 0 Å². The van der Waals surface area contributed by atoms with Crippen LogP contribution in [0.2, 0.25) is 0 Å². The minimum Gasteiger partial charge on any atom is -0.379 e. The van der Waals surface area contributed by atoms with Crippen LogP contribution in [0.15, 0.2) is 12.7 Å². The number of hydrogen-bond acceptors (Lipinski definition) is 3. The van der Waals surface area contributed by atoms with E-state index in [-0.39, 0.29) is 11.9 Å². The predicted octanol–water partition coefficient (Wildman–Crippen LogP) is 0.823. The maximum absolute atomic E-state index is 11.3. The van der Waals surface area contributed by atoms with Crippen molar-refractivity contribution in [3.63, 3.8) is 0 Å². The Morgan fingerprint density at radius 3 is 2.93 bits per heavy atom. The fourth-order valence-corrected chi connectivity index (χ4v) is 1.09. The average Bonchev–Trinajstić information content (AvgIpc) is 2.23. The second-order valence-corrected chi connectivity index (χ2v) is 3.38. The first-order chi connectivity index (χ1) is 7.22. The highest BCUT2D eigenvalue weighted by molar-refractivity contribution is 5.81. The summed E-state index contributed by atoms with van der Waals surface area (Å²) in [5.74, 6) is -0.0934. The van der Waals surface area contributed by atoms with Gasteiger partial charge in [-0.05, 0) is 12.8 Å². The minimum atomic E-state index is -0.386. The zero-order valence-corrected chi connectivity index (χ0v) is 9.50. The van der Waals surface area contributed by atoms with Crippen molar-refractivity contribution in [1.82, 2.24) is 5.32 Å². The fourth-order valence-electron chi connectivity index (χ4n) is 1.09. The van der Waals surface area contributed by atoms with Crippen LogP contribution in [0.3, 0.4) is 0 Å². The highest BCUT2D eigenvalue weighted by atomic mass is 16.5. The lowest BCUT2D eigenvalue weighted by atomic mass is 10.2. The molecule has 0 spiro atoms. The van der Waals surface area contributed by atoms with Crippen molar-refractivity contribution in [2.75, 3.05) is 19.8 Å². The Hall–Kier alpha value is -0.870. The Labute approximate surface area is 91.9 Å². The summed E-state index contributed by atoms with van der Waals surface area (Å²) in [6.07, 6.45) is 4.28. The molecule has 3 N–H and O–H groups in total. The fraction of sp³-hybridized carbons (Fsp3) is 0.727. The molecule has 0 unspecified atom stereocenters. The maximum atomic E-state index is 11.3. The minimum absolute atomic E-state index is 0.0934. The Morgan fingerprint density at radius 2 is 2.33 bits per heavy atom. The third-order valence-electron chi connectivity index (χ3n) is 1.95. The van der Waals surface area contributed by atoms with E-state index in [0.717, 1.165) is 19.3 Å². The summed E-state index contributed by atoms with van der Waals surface area (Å²) in [6, 6.07) is -0.386. The molecule has 0 aliphatic rings. The lowest BCUT2D eigenvalue weighted by molar-refractivity contribution is -0.122. The third kappa shape index (κ3) is 8.15. The number of ether oxygens (including phenoxy) is 1. The van der Waals surface area contributed by atoms with Crippen LogP contribution in [-0.4, -0.2) is 31.7 Å². The highest BCUT2D eigenvalue weighted by Crippen LogP contribution is 1.92. The van der Waals surface area contributed by atoms with Crippen LogP contribution in [0.25, 0.3) is 0 Å². The number of amides is 1. The number of carbonyl (C=O) groups excluding carboxylic acids is 1. The topological polar surface area (TPSA) is 64.3 Å². The average molecular weight is 214 g/mol. The van der Waals surface area contributed by atoms with Gasteiger partial charge in [-0.1, -0.05) is 19.4 Å². The normalized spacial score (nSPS) is 12.1. The molecule has 0 saturated carbocycles. The van der Waals surface area contributed by atoms with Gasteiger partial charge in [-0.15, -0.1) is 6.58 Å². The van der Waals surface area contributed by atoms with Gasteiger partial charge in [-0.2, -0.15) is 0 Å². The van der Waals surface area contributed by atoms with Crippen molar-refractivity contribution in [3.05, 3.63) is 12.7 Å². The standard InChI is InChI=1S/C11H22N2O2/c1-3-5-8-15-9-7-13-11(14)10(12)6-4-2/h3,10H,1,4-9,12H2,2H3,(H,13,14)/t10-/m0/s1. The molecule has 1 atom stereocenters. The van der Waals surface area contributed by atoms with Gasteiger partial charge in [0.15, 0.2) is 0 Å². The molecular weight excluding hydrogens is 192 g/mol. The molecule has 0 radical (unpaired) electrons. The molecule has 0 aliphatic heterocycles. The van der Waals surface area contributed by atoms with Crippen molar-refractivity contribution in [3.8, 4) is 0 Å². The summed E-state index contributed by atoms with van der Waals surface area (Å²) >= 11 is 0. The van der Waals surface area contributed by atoms with Crippen molar-refractivity contribution < 1.29 is 9.53 Å². The van der Waals surface area contributed by atoms with Crippen LogP contribution in [-0.2, 0) is 9.53 Å². The van der Waals surface area contributed by atoms with E-state index >= 15 is 0 Å². The van der Waals surface area contributed by atoms with Crippen molar-refractivity contribution in [2.45, 2.75) is 32.2 Å². The SMILES string of the molecule is C=CCCOCCNC(=O)[C@@H](N)CCC. The van der Waals surface area contributed by atoms with E-state index in [1.54, 1.807) is 6.08 Å². The molecule has 0 heterocycles. The smallest absolute Gasteiger partial charge is 0.236 e. The summed E-state index contributed by atoms with van der Waals surface area (Å²) in [6.45, 7) is 7.29. The Kier molecular flexibility index (Phi) is 9.11.